The number of rotatable bonds is 5. The molecule has 3 saturated carbocycles. The molecule has 0 radical (unpaired) electrons. The predicted molar refractivity (Wildman–Crippen MR) is 124 cm³/mol. The van der Waals surface area contributed by atoms with Crippen molar-refractivity contribution in [2.45, 2.75) is 118 Å². The topological polar surface area (TPSA) is 20.2 Å². The van der Waals surface area contributed by atoms with Crippen LogP contribution in [0.1, 0.15) is 112 Å². The highest BCUT2D eigenvalue weighted by Gasteiger charge is 2.61. The quantitative estimate of drug-likeness (QED) is 0.467. The molecule has 4 rings (SSSR count). The lowest BCUT2D eigenvalue weighted by molar-refractivity contribution is -0.144. The summed E-state index contributed by atoms with van der Waals surface area (Å²) in [6.45, 7) is 14.9. The van der Waals surface area contributed by atoms with Crippen LogP contribution in [-0.4, -0.2) is 10.7 Å². The maximum absolute atomic E-state index is 11.6. The molecule has 0 bridgehead atoms. The van der Waals surface area contributed by atoms with Crippen molar-refractivity contribution in [1.82, 2.24) is 0 Å². The van der Waals surface area contributed by atoms with E-state index in [-0.39, 0.29) is 5.41 Å². The molecular weight excluding hydrogens is 352 g/mol. The molecule has 0 aromatic heterocycles. The van der Waals surface area contributed by atoms with Gasteiger partial charge in [0.25, 0.3) is 0 Å². The van der Waals surface area contributed by atoms with E-state index >= 15 is 0 Å². The van der Waals surface area contributed by atoms with Crippen LogP contribution in [0.3, 0.4) is 0 Å². The van der Waals surface area contributed by atoms with Gasteiger partial charge in [0.1, 0.15) is 0 Å². The molecule has 0 aliphatic heterocycles. The highest BCUT2D eigenvalue weighted by atomic mass is 16.3. The smallest absolute Gasteiger partial charge is 0.0741 e. The van der Waals surface area contributed by atoms with Crippen LogP contribution >= 0.6 is 0 Å². The maximum atomic E-state index is 11.6. The third kappa shape index (κ3) is 3.37. The van der Waals surface area contributed by atoms with E-state index in [1.54, 1.807) is 5.57 Å². The van der Waals surface area contributed by atoms with E-state index in [2.05, 4.69) is 47.6 Å². The number of fused-ring (bicyclic) bond motifs is 5. The Balaban J connectivity index is 1.52. The molecule has 4 aliphatic carbocycles. The van der Waals surface area contributed by atoms with Gasteiger partial charge in [-0.3, -0.25) is 0 Å². The molecule has 0 aromatic rings. The van der Waals surface area contributed by atoms with E-state index in [0.29, 0.717) is 11.3 Å². The largest absolute Gasteiger partial charge is 0.389 e. The Bertz CT molecular complexity index is 634. The number of allylic oxidation sites excluding steroid dienone is 1. The summed E-state index contributed by atoms with van der Waals surface area (Å²) in [7, 11) is 0. The lowest BCUT2D eigenvalue weighted by Crippen LogP contribution is -2.57. The molecule has 3 fully saturated rings. The second-order valence-corrected chi connectivity index (χ2v) is 12.7. The Hall–Kier alpha value is -0.300. The monoisotopic (exact) mass is 400 g/mol. The SMILES string of the molecule is CC(C)[C@@H](C)CC[C@@H](C)[C@H]1CC[C@H]2C3=CC[C@@]4(O)CCCC[C@]4(C)[C@H]3CC[C@]12C. The molecule has 0 aromatic carbocycles. The van der Waals surface area contributed by atoms with Crippen molar-refractivity contribution in [2.75, 3.05) is 0 Å². The molecule has 0 saturated heterocycles. The zero-order valence-electron chi connectivity index (χ0n) is 20.3. The predicted octanol–water partition coefficient (Wildman–Crippen LogP) is 7.78. The first kappa shape index (κ1) is 21.9. The Labute approximate surface area is 181 Å². The van der Waals surface area contributed by atoms with Crippen molar-refractivity contribution in [3.8, 4) is 0 Å². The molecule has 1 heteroatoms. The van der Waals surface area contributed by atoms with Crippen molar-refractivity contribution >= 4 is 0 Å². The van der Waals surface area contributed by atoms with Crippen LogP contribution < -0.4 is 0 Å². The number of aliphatic hydroxyl groups is 1. The minimum Gasteiger partial charge on any atom is -0.389 e. The van der Waals surface area contributed by atoms with Crippen LogP contribution in [0.5, 0.6) is 0 Å². The van der Waals surface area contributed by atoms with Crippen LogP contribution in [0, 0.1) is 46.3 Å². The normalized spacial score (nSPS) is 46.5. The lowest BCUT2D eigenvalue weighted by Gasteiger charge is -2.60. The summed E-state index contributed by atoms with van der Waals surface area (Å²) in [6.07, 6.45) is 16.6. The fourth-order valence-corrected chi connectivity index (χ4v) is 8.55. The third-order valence-electron chi connectivity index (χ3n) is 11.1. The number of hydrogen-bond acceptors (Lipinski definition) is 1. The molecule has 4 aliphatic rings. The van der Waals surface area contributed by atoms with Gasteiger partial charge in [-0.05, 0) is 85.9 Å². The van der Waals surface area contributed by atoms with E-state index in [1.807, 2.05) is 0 Å². The summed E-state index contributed by atoms with van der Waals surface area (Å²) < 4.78 is 0. The average Bonchev–Trinajstić information content (AvgIpc) is 3.03. The fourth-order valence-electron chi connectivity index (χ4n) is 8.55. The van der Waals surface area contributed by atoms with Crippen molar-refractivity contribution in [3.63, 3.8) is 0 Å². The van der Waals surface area contributed by atoms with Gasteiger partial charge in [0.05, 0.1) is 5.60 Å². The second-order valence-electron chi connectivity index (χ2n) is 12.7. The molecule has 29 heavy (non-hydrogen) atoms. The van der Waals surface area contributed by atoms with Crippen LogP contribution in [0.2, 0.25) is 0 Å². The van der Waals surface area contributed by atoms with E-state index in [9.17, 15) is 5.11 Å². The van der Waals surface area contributed by atoms with E-state index in [1.165, 1.54) is 57.8 Å². The fraction of sp³-hybridized carbons (Fsp3) is 0.929. The molecule has 1 N–H and O–H groups in total. The summed E-state index contributed by atoms with van der Waals surface area (Å²) in [5.74, 6) is 4.85. The van der Waals surface area contributed by atoms with Gasteiger partial charge in [0.15, 0.2) is 0 Å². The summed E-state index contributed by atoms with van der Waals surface area (Å²) in [6, 6.07) is 0. The zero-order chi connectivity index (χ0) is 21.0. The zero-order valence-corrected chi connectivity index (χ0v) is 20.3. The first-order chi connectivity index (χ1) is 13.6. The Morgan fingerprint density at radius 3 is 2.38 bits per heavy atom. The number of hydrogen-bond donors (Lipinski definition) is 1. The van der Waals surface area contributed by atoms with E-state index < -0.39 is 5.60 Å². The molecule has 166 valence electrons. The minimum absolute atomic E-state index is 0.132. The molecule has 0 spiro atoms. The average molecular weight is 401 g/mol. The molecule has 0 unspecified atom stereocenters. The Morgan fingerprint density at radius 1 is 0.931 bits per heavy atom. The van der Waals surface area contributed by atoms with Crippen molar-refractivity contribution in [2.24, 2.45) is 46.3 Å². The van der Waals surface area contributed by atoms with Gasteiger partial charge in [0.2, 0.25) is 0 Å². The van der Waals surface area contributed by atoms with Gasteiger partial charge in [-0.25, -0.2) is 0 Å². The van der Waals surface area contributed by atoms with Gasteiger partial charge in [0, 0.05) is 5.41 Å². The summed E-state index contributed by atoms with van der Waals surface area (Å²) in [5, 5.41) is 11.6. The van der Waals surface area contributed by atoms with Crippen LogP contribution in [0.4, 0.5) is 0 Å². The molecule has 0 heterocycles. The third-order valence-corrected chi connectivity index (χ3v) is 11.1. The van der Waals surface area contributed by atoms with Crippen LogP contribution in [0.15, 0.2) is 11.6 Å². The minimum atomic E-state index is -0.425. The highest BCUT2D eigenvalue weighted by Crippen LogP contribution is 2.67. The Kier molecular flexibility index (Phi) is 5.81. The van der Waals surface area contributed by atoms with Crippen molar-refractivity contribution in [1.29, 1.82) is 0 Å². The standard InChI is InChI=1S/C28H48O/c1-19(2)20(3)9-10-21(4)23-11-12-24-22-13-18-28(29)16-8-7-15-27(28,6)25(22)14-17-26(23,24)5/h13,19-21,23-25,29H,7-12,14-18H2,1-6H3/t20-,21+,23+,24-,25-,26+,27+,28-/m0/s1. The summed E-state index contributed by atoms with van der Waals surface area (Å²) in [5.41, 5.74) is 2.00. The molecule has 0 amide bonds. The molecule has 8 atom stereocenters. The first-order valence-electron chi connectivity index (χ1n) is 13.0. The van der Waals surface area contributed by atoms with Gasteiger partial charge in [-0.2, -0.15) is 0 Å². The van der Waals surface area contributed by atoms with Crippen molar-refractivity contribution < 1.29 is 5.11 Å². The molecule has 1 nitrogen and oxygen atoms in total. The van der Waals surface area contributed by atoms with Gasteiger partial charge in [-0.15, -0.1) is 0 Å². The van der Waals surface area contributed by atoms with Crippen molar-refractivity contribution in [3.05, 3.63) is 11.6 Å². The Morgan fingerprint density at radius 2 is 1.66 bits per heavy atom. The van der Waals surface area contributed by atoms with Crippen LogP contribution in [-0.2, 0) is 0 Å². The summed E-state index contributed by atoms with van der Waals surface area (Å²) in [4.78, 5) is 0. The van der Waals surface area contributed by atoms with Gasteiger partial charge in [-0.1, -0.05) is 78.9 Å². The lowest BCUT2D eigenvalue weighted by atomic mass is 9.46. The molecular formula is C28H48O. The summed E-state index contributed by atoms with van der Waals surface area (Å²) >= 11 is 0. The second kappa shape index (κ2) is 7.68. The maximum Gasteiger partial charge on any atom is 0.0741 e. The van der Waals surface area contributed by atoms with E-state index in [4.69, 9.17) is 0 Å². The highest BCUT2D eigenvalue weighted by molar-refractivity contribution is 5.30. The van der Waals surface area contributed by atoms with E-state index in [0.717, 1.165) is 42.4 Å². The van der Waals surface area contributed by atoms with Crippen LogP contribution in [0.25, 0.3) is 0 Å². The van der Waals surface area contributed by atoms with Gasteiger partial charge < -0.3 is 5.11 Å². The van der Waals surface area contributed by atoms with Gasteiger partial charge >= 0.3 is 0 Å². The first-order valence-corrected chi connectivity index (χ1v) is 13.0.